The Morgan fingerprint density at radius 1 is 0.362 bits per heavy atom. The van der Waals surface area contributed by atoms with Gasteiger partial charge in [-0.3, -0.25) is 4.79 Å². The van der Waals surface area contributed by atoms with Crippen molar-refractivity contribution < 1.29 is 25.2 Å². The van der Waals surface area contributed by atoms with Gasteiger partial charge in [0.2, 0.25) is 5.91 Å². The van der Waals surface area contributed by atoms with Crippen molar-refractivity contribution >= 4 is 5.91 Å². The van der Waals surface area contributed by atoms with Crippen LogP contribution < -0.4 is 5.32 Å². The molecule has 0 fully saturated rings. The summed E-state index contributed by atoms with van der Waals surface area (Å²) in [5.74, 6) is -0.595. The second-order valence-corrected chi connectivity index (χ2v) is 21.0. The quantitative estimate of drug-likeness (QED) is 0.0308. The highest BCUT2D eigenvalue weighted by Crippen LogP contribution is 2.17. The normalized spacial score (nSPS) is 14.0. The molecule has 69 heavy (non-hydrogen) atoms. The minimum absolute atomic E-state index is 0.360. The average molecular weight is 971 g/mol. The highest BCUT2D eigenvalue weighted by Gasteiger charge is 2.28. The molecule has 0 heterocycles. The van der Waals surface area contributed by atoms with E-state index in [0.717, 1.165) is 44.9 Å². The van der Waals surface area contributed by atoms with Gasteiger partial charge in [-0.2, -0.15) is 0 Å². The minimum atomic E-state index is -1.29. The lowest BCUT2D eigenvalue weighted by Crippen LogP contribution is -2.53. The van der Waals surface area contributed by atoms with E-state index in [1.54, 1.807) is 0 Å². The Bertz CT molecular complexity index is 1130. The van der Waals surface area contributed by atoms with Crippen LogP contribution in [-0.2, 0) is 4.79 Å². The molecule has 0 aliphatic heterocycles. The third-order valence-electron chi connectivity index (χ3n) is 14.2. The summed E-state index contributed by atoms with van der Waals surface area (Å²) in [6.07, 6.45) is 73.5. The van der Waals surface area contributed by atoms with E-state index in [9.17, 15) is 25.2 Å². The molecule has 6 nitrogen and oxygen atoms in total. The van der Waals surface area contributed by atoms with Crippen LogP contribution in [0.4, 0.5) is 0 Å². The highest BCUT2D eigenvalue weighted by atomic mass is 16.3. The van der Waals surface area contributed by atoms with Crippen LogP contribution in [-0.4, -0.2) is 57.3 Å². The zero-order chi connectivity index (χ0) is 50.2. The van der Waals surface area contributed by atoms with Gasteiger partial charge >= 0.3 is 0 Å². The van der Waals surface area contributed by atoms with E-state index in [0.29, 0.717) is 19.3 Å². The summed E-state index contributed by atoms with van der Waals surface area (Å²) < 4.78 is 0. The number of rotatable bonds is 56. The van der Waals surface area contributed by atoms with Crippen molar-refractivity contribution in [2.24, 2.45) is 0 Å². The fourth-order valence-electron chi connectivity index (χ4n) is 9.45. The van der Waals surface area contributed by atoms with Gasteiger partial charge in [0, 0.05) is 0 Å². The lowest BCUT2D eigenvalue weighted by atomic mass is 10.00. The van der Waals surface area contributed by atoms with Crippen LogP contribution >= 0.6 is 0 Å². The number of unbranched alkanes of at least 4 members (excludes halogenated alkanes) is 39. The zero-order valence-corrected chi connectivity index (χ0v) is 46.1. The number of aliphatic hydroxyl groups is 4. The molecule has 0 saturated carbocycles. The summed E-state index contributed by atoms with van der Waals surface area (Å²) in [6, 6.07) is -1.01. The van der Waals surface area contributed by atoms with Crippen LogP contribution in [0.15, 0.2) is 48.6 Å². The molecule has 406 valence electrons. The van der Waals surface area contributed by atoms with Gasteiger partial charge in [0.1, 0.15) is 12.2 Å². The summed E-state index contributed by atoms with van der Waals surface area (Å²) in [5, 5.41) is 43.9. The van der Waals surface area contributed by atoms with Crippen molar-refractivity contribution in [2.75, 3.05) is 6.61 Å². The number of nitrogens with one attached hydrogen (secondary N) is 1. The molecule has 0 bridgehead atoms. The molecule has 0 aromatic rings. The topological polar surface area (TPSA) is 110 Å². The number of carbonyl (C=O) groups is 1. The summed E-state index contributed by atoms with van der Waals surface area (Å²) in [4.78, 5) is 12.6. The Labute approximate surface area is 429 Å². The van der Waals surface area contributed by atoms with Crippen molar-refractivity contribution in [2.45, 2.75) is 340 Å². The monoisotopic (exact) mass is 970 g/mol. The van der Waals surface area contributed by atoms with Crippen molar-refractivity contribution in [3.05, 3.63) is 48.6 Å². The van der Waals surface area contributed by atoms with Crippen molar-refractivity contribution in [1.29, 1.82) is 0 Å². The van der Waals surface area contributed by atoms with Gasteiger partial charge in [-0.25, -0.2) is 0 Å². The van der Waals surface area contributed by atoms with Crippen molar-refractivity contribution in [1.82, 2.24) is 5.32 Å². The third-order valence-corrected chi connectivity index (χ3v) is 14.2. The van der Waals surface area contributed by atoms with Gasteiger partial charge in [0.05, 0.1) is 18.8 Å². The maximum Gasteiger partial charge on any atom is 0.249 e. The smallest absolute Gasteiger partial charge is 0.249 e. The Hall–Kier alpha value is -1.73. The Balaban J connectivity index is 3.59. The first-order valence-corrected chi connectivity index (χ1v) is 30.5. The molecule has 0 saturated heterocycles. The lowest BCUT2D eigenvalue weighted by molar-refractivity contribution is -0.132. The van der Waals surface area contributed by atoms with E-state index >= 15 is 0 Å². The molecule has 6 heteroatoms. The molecule has 4 unspecified atom stereocenters. The number of aliphatic hydroxyl groups excluding tert-OH is 4. The summed E-state index contributed by atoms with van der Waals surface area (Å²) >= 11 is 0. The number of hydrogen-bond donors (Lipinski definition) is 5. The maximum absolute atomic E-state index is 12.6. The number of carbonyl (C=O) groups excluding carboxylic acids is 1. The first-order valence-electron chi connectivity index (χ1n) is 30.5. The molecular weight excluding hydrogens is 851 g/mol. The number of hydrogen-bond acceptors (Lipinski definition) is 5. The van der Waals surface area contributed by atoms with Gasteiger partial charge in [-0.15, -0.1) is 0 Å². The first kappa shape index (κ1) is 67.3. The molecule has 0 radical (unpaired) electrons. The highest BCUT2D eigenvalue weighted by molar-refractivity contribution is 5.80. The van der Waals surface area contributed by atoms with Gasteiger partial charge in [-0.05, 0) is 83.5 Å². The largest absolute Gasteiger partial charge is 0.394 e. The van der Waals surface area contributed by atoms with Gasteiger partial charge in [-0.1, -0.05) is 281 Å². The molecule has 4 atom stereocenters. The minimum Gasteiger partial charge on any atom is -0.394 e. The van der Waals surface area contributed by atoms with Crippen LogP contribution in [0.2, 0.25) is 0 Å². The molecule has 1 amide bonds. The fraction of sp³-hybridized carbons (Fsp3) is 0.857. The van der Waals surface area contributed by atoms with E-state index in [1.807, 2.05) is 0 Å². The predicted molar refractivity (Wildman–Crippen MR) is 302 cm³/mol. The first-order chi connectivity index (χ1) is 34.0. The summed E-state index contributed by atoms with van der Waals surface area (Å²) in [6.45, 7) is 4.06. The van der Waals surface area contributed by atoms with Crippen LogP contribution in [0.1, 0.15) is 316 Å². The molecule has 0 aromatic carbocycles. The SMILES string of the molecule is CCCCCCCCCC/C=C/CC/C=C/CCCC(O)C(O)C(CO)NC(=O)C(O)CCCCCCCCCCCCCCCCCC/C=C\C/C=C\CCCCCCCCCCCCCCC. The molecule has 0 aliphatic rings. The van der Waals surface area contributed by atoms with Crippen LogP contribution in [0.25, 0.3) is 0 Å². The van der Waals surface area contributed by atoms with Gasteiger partial charge in [0.25, 0.3) is 0 Å². The Kier molecular flexibility index (Phi) is 55.7. The van der Waals surface area contributed by atoms with Gasteiger partial charge in [0.15, 0.2) is 0 Å². The van der Waals surface area contributed by atoms with E-state index in [-0.39, 0.29) is 0 Å². The average Bonchev–Trinajstić information content (AvgIpc) is 3.35. The zero-order valence-electron chi connectivity index (χ0n) is 46.1. The standard InChI is InChI=1S/C63H119NO5/c1-3-5-7-9-11-13-15-17-19-21-22-23-24-25-26-27-28-29-30-31-32-33-34-35-36-37-38-39-41-43-45-47-49-51-53-55-57-61(67)63(69)64-59(58-65)62(68)60(66)56-54-52-50-48-46-44-42-40-20-18-16-14-12-10-8-6-4-2/h26-27,29-30,40,42,48,50,59-62,65-68H,3-25,28,31-39,41,43-47,49,51-58H2,1-2H3,(H,64,69)/b27-26-,30-29-,42-40+,50-48+. The van der Waals surface area contributed by atoms with Crippen LogP contribution in [0.5, 0.6) is 0 Å². The second kappa shape index (κ2) is 57.2. The third kappa shape index (κ3) is 51.0. The number of allylic oxidation sites excluding steroid dienone is 8. The predicted octanol–water partition coefficient (Wildman–Crippen LogP) is 18.1. The molecular formula is C63H119NO5. The lowest BCUT2D eigenvalue weighted by Gasteiger charge is -2.27. The van der Waals surface area contributed by atoms with E-state index < -0.39 is 36.9 Å². The molecule has 5 N–H and O–H groups in total. The van der Waals surface area contributed by atoms with Crippen molar-refractivity contribution in [3.8, 4) is 0 Å². The summed E-state index contributed by atoms with van der Waals surface area (Å²) in [5.41, 5.74) is 0. The fourth-order valence-corrected chi connectivity index (χ4v) is 9.45. The molecule has 0 rings (SSSR count). The van der Waals surface area contributed by atoms with Crippen LogP contribution in [0.3, 0.4) is 0 Å². The molecule has 0 spiro atoms. The molecule has 0 aliphatic carbocycles. The van der Waals surface area contributed by atoms with Gasteiger partial charge < -0.3 is 25.7 Å². The molecule has 0 aromatic heterocycles. The second-order valence-electron chi connectivity index (χ2n) is 21.0. The van der Waals surface area contributed by atoms with E-state index in [2.05, 4.69) is 67.8 Å². The van der Waals surface area contributed by atoms with E-state index in [4.69, 9.17) is 0 Å². The number of amides is 1. The van der Waals surface area contributed by atoms with Crippen molar-refractivity contribution in [3.63, 3.8) is 0 Å². The summed E-state index contributed by atoms with van der Waals surface area (Å²) in [7, 11) is 0. The Morgan fingerprint density at radius 3 is 1.00 bits per heavy atom. The Morgan fingerprint density at radius 2 is 0.652 bits per heavy atom. The maximum atomic E-state index is 12.6. The van der Waals surface area contributed by atoms with Crippen LogP contribution in [0, 0.1) is 0 Å². The van der Waals surface area contributed by atoms with E-state index in [1.165, 1.54) is 238 Å².